The molecule has 2 fully saturated rings. The third-order valence-electron chi connectivity index (χ3n) is 5.64. The van der Waals surface area contributed by atoms with E-state index < -0.39 is 0 Å². The fraction of sp³-hybridized carbons (Fsp3) is 0.550. The van der Waals surface area contributed by atoms with Crippen LogP contribution in [0, 0.1) is 0 Å². The number of carbonyl (C=O) groups is 1. The predicted molar refractivity (Wildman–Crippen MR) is 103 cm³/mol. The molecule has 134 valence electrons. The molecule has 2 heterocycles. The number of thiophene rings is 1. The highest BCUT2D eigenvalue weighted by Crippen LogP contribution is 2.38. The molecule has 1 saturated heterocycles. The summed E-state index contributed by atoms with van der Waals surface area (Å²) in [5.74, 6) is 0.863. The largest absolute Gasteiger partial charge is 0.494 e. The van der Waals surface area contributed by atoms with E-state index in [9.17, 15) is 4.79 Å². The van der Waals surface area contributed by atoms with Crippen molar-refractivity contribution in [2.75, 3.05) is 33.3 Å². The molecule has 1 aromatic carbocycles. The van der Waals surface area contributed by atoms with Crippen LogP contribution >= 0.6 is 11.3 Å². The van der Waals surface area contributed by atoms with Crippen LogP contribution in [0.25, 0.3) is 10.1 Å². The molecule has 25 heavy (non-hydrogen) atoms. The number of amides is 1. The Morgan fingerprint density at radius 2 is 1.80 bits per heavy atom. The van der Waals surface area contributed by atoms with Gasteiger partial charge in [0.2, 0.25) is 0 Å². The van der Waals surface area contributed by atoms with Crippen LogP contribution in [0.4, 0.5) is 0 Å². The lowest BCUT2D eigenvalue weighted by atomic mass is 9.94. The minimum atomic E-state index is 0.126. The third kappa shape index (κ3) is 3.27. The Bertz CT molecular complexity index is 743. The Morgan fingerprint density at radius 1 is 1.08 bits per heavy atom. The number of piperazine rings is 1. The maximum Gasteiger partial charge on any atom is 0.267 e. The summed E-state index contributed by atoms with van der Waals surface area (Å²) < 4.78 is 6.69. The van der Waals surface area contributed by atoms with Gasteiger partial charge in [0.25, 0.3) is 5.91 Å². The number of hydrogen-bond donors (Lipinski definition) is 0. The number of fused-ring (bicyclic) bond motifs is 1. The number of carbonyl (C=O) groups excluding carboxylic acids is 1. The van der Waals surface area contributed by atoms with E-state index in [1.54, 1.807) is 18.4 Å². The number of rotatable bonds is 3. The van der Waals surface area contributed by atoms with E-state index in [0.717, 1.165) is 52.9 Å². The van der Waals surface area contributed by atoms with Crippen LogP contribution in [0.15, 0.2) is 24.3 Å². The minimum Gasteiger partial charge on any atom is -0.494 e. The van der Waals surface area contributed by atoms with Gasteiger partial charge in [-0.25, -0.2) is 0 Å². The lowest BCUT2D eigenvalue weighted by molar-refractivity contribution is 0.0525. The van der Waals surface area contributed by atoms with Crippen LogP contribution in [0.5, 0.6) is 5.75 Å². The van der Waals surface area contributed by atoms with E-state index in [1.807, 2.05) is 23.1 Å². The van der Waals surface area contributed by atoms with Crippen molar-refractivity contribution in [2.24, 2.45) is 0 Å². The molecule has 0 atom stereocenters. The molecule has 5 heteroatoms. The highest BCUT2D eigenvalue weighted by atomic mass is 32.1. The van der Waals surface area contributed by atoms with Crippen LogP contribution in [-0.4, -0.2) is 55.0 Å². The Kier molecular flexibility index (Phi) is 4.95. The van der Waals surface area contributed by atoms with Gasteiger partial charge >= 0.3 is 0 Å². The number of ether oxygens (including phenoxy) is 1. The summed E-state index contributed by atoms with van der Waals surface area (Å²) in [6.07, 6.45) is 6.78. The second-order valence-electron chi connectivity index (χ2n) is 7.08. The summed E-state index contributed by atoms with van der Waals surface area (Å²) in [6.45, 7) is 3.66. The molecule has 2 aliphatic rings. The Labute approximate surface area is 153 Å². The zero-order chi connectivity index (χ0) is 17.2. The molecule has 0 radical (unpaired) electrons. The predicted octanol–water partition coefficient (Wildman–Crippen LogP) is 4.00. The third-order valence-corrected chi connectivity index (χ3v) is 6.78. The first-order chi connectivity index (χ1) is 12.3. The van der Waals surface area contributed by atoms with Gasteiger partial charge < -0.3 is 9.64 Å². The topological polar surface area (TPSA) is 32.8 Å². The second-order valence-corrected chi connectivity index (χ2v) is 8.13. The van der Waals surface area contributed by atoms with Gasteiger partial charge in [-0.05, 0) is 25.0 Å². The molecule has 1 aliphatic carbocycles. The smallest absolute Gasteiger partial charge is 0.267 e. The normalized spacial score (nSPS) is 20.1. The van der Waals surface area contributed by atoms with Gasteiger partial charge in [0.05, 0.1) is 7.11 Å². The van der Waals surface area contributed by atoms with Crippen molar-refractivity contribution in [1.82, 2.24) is 9.80 Å². The quantitative estimate of drug-likeness (QED) is 0.831. The van der Waals surface area contributed by atoms with Crippen molar-refractivity contribution in [2.45, 2.75) is 38.1 Å². The fourth-order valence-electron chi connectivity index (χ4n) is 4.25. The molecule has 1 saturated carbocycles. The summed E-state index contributed by atoms with van der Waals surface area (Å²) in [5, 5.41) is 1.04. The molecule has 0 spiro atoms. The fourth-order valence-corrected chi connectivity index (χ4v) is 5.38. The van der Waals surface area contributed by atoms with Crippen molar-refractivity contribution in [3.05, 3.63) is 29.1 Å². The average Bonchev–Trinajstić information content (AvgIpc) is 3.07. The summed E-state index contributed by atoms with van der Waals surface area (Å²) in [5.41, 5.74) is 0. The Morgan fingerprint density at radius 3 is 2.52 bits per heavy atom. The molecule has 1 amide bonds. The van der Waals surface area contributed by atoms with E-state index in [1.165, 1.54) is 32.1 Å². The summed E-state index contributed by atoms with van der Waals surface area (Å²) in [4.78, 5) is 18.4. The first-order valence-corrected chi connectivity index (χ1v) is 10.2. The molecule has 1 aliphatic heterocycles. The average molecular weight is 359 g/mol. The van der Waals surface area contributed by atoms with Crippen molar-refractivity contribution < 1.29 is 9.53 Å². The monoisotopic (exact) mass is 358 g/mol. The van der Waals surface area contributed by atoms with Crippen molar-refractivity contribution in [1.29, 1.82) is 0 Å². The molecule has 0 N–H and O–H groups in total. The molecule has 4 nitrogen and oxygen atoms in total. The van der Waals surface area contributed by atoms with Crippen LogP contribution in [0.2, 0.25) is 0 Å². The zero-order valence-corrected chi connectivity index (χ0v) is 15.7. The standard InChI is InChI=1S/C20H26N2O2S/c1-24-18-16-9-5-6-10-17(16)25-19(18)20(23)22-13-11-21(12-14-22)15-7-3-2-4-8-15/h5-6,9-10,15H,2-4,7-8,11-14H2,1H3. The molecule has 4 rings (SSSR count). The summed E-state index contributed by atoms with van der Waals surface area (Å²) >= 11 is 1.55. The summed E-state index contributed by atoms with van der Waals surface area (Å²) in [7, 11) is 1.66. The van der Waals surface area contributed by atoms with E-state index in [-0.39, 0.29) is 5.91 Å². The zero-order valence-electron chi connectivity index (χ0n) is 14.9. The van der Waals surface area contributed by atoms with Gasteiger partial charge in [0.1, 0.15) is 10.6 Å². The van der Waals surface area contributed by atoms with Crippen LogP contribution in [0.3, 0.4) is 0 Å². The van der Waals surface area contributed by atoms with Crippen molar-refractivity contribution in [3.8, 4) is 5.75 Å². The number of benzene rings is 1. The highest BCUT2D eigenvalue weighted by molar-refractivity contribution is 7.21. The summed E-state index contributed by atoms with van der Waals surface area (Å²) in [6, 6.07) is 8.83. The molecule has 1 aromatic heterocycles. The van der Waals surface area contributed by atoms with Crippen LogP contribution in [-0.2, 0) is 0 Å². The molecular weight excluding hydrogens is 332 g/mol. The number of nitrogens with zero attached hydrogens (tertiary/aromatic N) is 2. The van der Waals surface area contributed by atoms with Gasteiger partial charge in [0.15, 0.2) is 0 Å². The maximum atomic E-state index is 13.1. The first kappa shape index (κ1) is 16.9. The van der Waals surface area contributed by atoms with E-state index in [4.69, 9.17) is 4.74 Å². The van der Waals surface area contributed by atoms with Crippen molar-refractivity contribution >= 4 is 27.3 Å². The molecule has 0 unspecified atom stereocenters. The first-order valence-electron chi connectivity index (χ1n) is 9.37. The van der Waals surface area contributed by atoms with Crippen LogP contribution < -0.4 is 4.74 Å². The van der Waals surface area contributed by atoms with Crippen molar-refractivity contribution in [3.63, 3.8) is 0 Å². The highest BCUT2D eigenvalue weighted by Gasteiger charge is 2.29. The van der Waals surface area contributed by atoms with Gasteiger partial charge in [0, 0.05) is 42.3 Å². The van der Waals surface area contributed by atoms with Gasteiger partial charge in [-0.15, -0.1) is 11.3 Å². The van der Waals surface area contributed by atoms with E-state index >= 15 is 0 Å². The minimum absolute atomic E-state index is 0.126. The molecule has 0 bridgehead atoms. The number of hydrogen-bond acceptors (Lipinski definition) is 4. The molecular formula is C20H26N2O2S. The second kappa shape index (κ2) is 7.34. The van der Waals surface area contributed by atoms with E-state index in [2.05, 4.69) is 11.0 Å². The molecule has 2 aromatic rings. The number of methoxy groups -OCH3 is 1. The Balaban J connectivity index is 1.47. The SMILES string of the molecule is COc1c(C(=O)N2CCN(C3CCCCC3)CC2)sc2ccccc12. The lowest BCUT2D eigenvalue weighted by Crippen LogP contribution is -2.52. The van der Waals surface area contributed by atoms with Crippen LogP contribution in [0.1, 0.15) is 41.8 Å². The van der Waals surface area contributed by atoms with E-state index in [0.29, 0.717) is 0 Å². The van der Waals surface area contributed by atoms with Gasteiger partial charge in [-0.1, -0.05) is 31.4 Å². The Hall–Kier alpha value is -1.59. The van der Waals surface area contributed by atoms with Gasteiger partial charge in [-0.2, -0.15) is 0 Å². The van der Waals surface area contributed by atoms with Gasteiger partial charge in [-0.3, -0.25) is 9.69 Å². The maximum absolute atomic E-state index is 13.1. The lowest BCUT2D eigenvalue weighted by Gasteiger charge is -2.40.